The number of amides is 2. The van der Waals surface area contributed by atoms with E-state index in [9.17, 15) is 4.79 Å². The molecule has 0 saturated carbocycles. The topological polar surface area (TPSA) is 59.4 Å². The lowest BCUT2D eigenvalue weighted by atomic mass is 10.3. The van der Waals surface area contributed by atoms with Crippen LogP contribution in [0.3, 0.4) is 0 Å². The molecule has 2 aromatic carbocycles. The molecular weight excluding hydrogens is 328 g/mol. The first-order valence-corrected chi connectivity index (χ1v) is 8.48. The Morgan fingerprint density at radius 1 is 1.12 bits per heavy atom. The number of likely N-dealkylation sites (N-methyl/N-ethyl adjacent to an activating group) is 1. The molecule has 6 heteroatoms. The van der Waals surface area contributed by atoms with Crippen molar-refractivity contribution in [1.82, 2.24) is 20.0 Å². The molecule has 1 heterocycles. The number of rotatable bonds is 7. The van der Waals surface area contributed by atoms with Crippen molar-refractivity contribution in [3.8, 4) is 11.4 Å². The van der Waals surface area contributed by atoms with Crippen LogP contribution in [-0.4, -0.2) is 40.9 Å². The minimum absolute atomic E-state index is 0.144. The number of para-hydroxylation sites is 2. The van der Waals surface area contributed by atoms with Crippen LogP contribution in [-0.2, 0) is 6.54 Å². The van der Waals surface area contributed by atoms with Crippen molar-refractivity contribution in [2.24, 2.45) is 0 Å². The van der Waals surface area contributed by atoms with Crippen LogP contribution in [0.5, 0.6) is 5.75 Å². The van der Waals surface area contributed by atoms with Crippen LogP contribution in [0.1, 0.15) is 5.56 Å². The van der Waals surface area contributed by atoms with Crippen molar-refractivity contribution in [2.75, 3.05) is 20.2 Å². The molecule has 0 atom stereocenters. The Kier molecular flexibility index (Phi) is 5.88. The van der Waals surface area contributed by atoms with Crippen molar-refractivity contribution < 1.29 is 9.53 Å². The number of nitrogens with zero attached hydrogens (tertiary/aromatic N) is 3. The fourth-order valence-electron chi connectivity index (χ4n) is 2.40. The van der Waals surface area contributed by atoms with Crippen molar-refractivity contribution in [3.05, 3.63) is 78.6 Å². The number of hydrogen-bond acceptors (Lipinski definition) is 3. The van der Waals surface area contributed by atoms with Gasteiger partial charge in [-0.1, -0.05) is 36.4 Å². The maximum atomic E-state index is 12.2. The molecule has 0 aliphatic heterocycles. The molecule has 0 saturated heterocycles. The number of aromatic nitrogens is 2. The molecule has 0 unspecified atom stereocenters. The second-order valence-electron chi connectivity index (χ2n) is 5.87. The Balaban J connectivity index is 1.42. The highest BCUT2D eigenvalue weighted by molar-refractivity contribution is 5.73. The zero-order chi connectivity index (χ0) is 18.2. The number of urea groups is 1. The minimum Gasteiger partial charge on any atom is -0.492 e. The average Bonchev–Trinajstić information content (AvgIpc) is 3.16. The third kappa shape index (κ3) is 4.86. The summed E-state index contributed by atoms with van der Waals surface area (Å²) in [5, 5.41) is 7.21. The SMILES string of the molecule is CN(CCOc1ccccc1)C(=O)NCc1cnn(-c2ccccc2)c1. The van der Waals surface area contributed by atoms with E-state index in [0.29, 0.717) is 19.7 Å². The maximum absolute atomic E-state index is 12.2. The van der Waals surface area contributed by atoms with Crippen LogP contribution in [0.2, 0.25) is 0 Å². The number of carbonyl (C=O) groups excluding carboxylic acids is 1. The highest BCUT2D eigenvalue weighted by Gasteiger charge is 2.09. The molecule has 134 valence electrons. The number of hydrogen-bond donors (Lipinski definition) is 1. The van der Waals surface area contributed by atoms with E-state index in [4.69, 9.17) is 4.74 Å². The Labute approximate surface area is 153 Å². The van der Waals surface area contributed by atoms with E-state index in [1.54, 1.807) is 22.8 Å². The van der Waals surface area contributed by atoms with Gasteiger partial charge in [0.2, 0.25) is 0 Å². The quantitative estimate of drug-likeness (QED) is 0.712. The third-order valence-electron chi connectivity index (χ3n) is 3.89. The van der Waals surface area contributed by atoms with Gasteiger partial charge in [-0.25, -0.2) is 9.48 Å². The van der Waals surface area contributed by atoms with Crippen LogP contribution < -0.4 is 10.1 Å². The third-order valence-corrected chi connectivity index (χ3v) is 3.89. The first kappa shape index (κ1) is 17.5. The van der Waals surface area contributed by atoms with Gasteiger partial charge in [-0.15, -0.1) is 0 Å². The van der Waals surface area contributed by atoms with E-state index in [1.807, 2.05) is 66.9 Å². The van der Waals surface area contributed by atoms with Gasteiger partial charge in [-0.05, 0) is 24.3 Å². The van der Waals surface area contributed by atoms with Gasteiger partial charge in [0.25, 0.3) is 0 Å². The van der Waals surface area contributed by atoms with Gasteiger partial charge in [0.1, 0.15) is 12.4 Å². The molecule has 0 radical (unpaired) electrons. The summed E-state index contributed by atoms with van der Waals surface area (Å²) < 4.78 is 7.40. The summed E-state index contributed by atoms with van der Waals surface area (Å²) in [6.07, 6.45) is 3.67. The fraction of sp³-hybridized carbons (Fsp3) is 0.200. The van der Waals surface area contributed by atoms with Gasteiger partial charge >= 0.3 is 6.03 Å². The van der Waals surface area contributed by atoms with Gasteiger partial charge in [-0.2, -0.15) is 5.10 Å². The van der Waals surface area contributed by atoms with E-state index >= 15 is 0 Å². The van der Waals surface area contributed by atoms with Crippen LogP contribution in [0.15, 0.2) is 73.1 Å². The van der Waals surface area contributed by atoms with Gasteiger partial charge in [-0.3, -0.25) is 0 Å². The summed E-state index contributed by atoms with van der Waals surface area (Å²) in [5.74, 6) is 0.801. The van der Waals surface area contributed by atoms with Crippen molar-refractivity contribution in [2.45, 2.75) is 6.54 Å². The molecule has 3 aromatic rings. The molecule has 0 fully saturated rings. The second-order valence-corrected chi connectivity index (χ2v) is 5.87. The van der Waals surface area contributed by atoms with E-state index in [0.717, 1.165) is 17.0 Å². The summed E-state index contributed by atoms with van der Waals surface area (Å²) in [4.78, 5) is 13.8. The van der Waals surface area contributed by atoms with Crippen molar-refractivity contribution in [3.63, 3.8) is 0 Å². The molecule has 1 N–H and O–H groups in total. The van der Waals surface area contributed by atoms with E-state index in [2.05, 4.69) is 10.4 Å². The van der Waals surface area contributed by atoms with Crippen molar-refractivity contribution >= 4 is 6.03 Å². The molecule has 0 aliphatic rings. The van der Waals surface area contributed by atoms with Gasteiger partial charge in [0.15, 0.2) is 0 Å². The molecule has 2 amide bonds. The Hall–Kier alpha value is -3.28. The summed E-state index contributed by atoms with van der Waals surface area (Å²) in [6, 6.07) is 19.3. The predicted molar refractivity (Wildman–Crippen MR) is 100 cm³/mol. The molecule has 26 heavy (non-hydrogen) atoms. The maximum Gasteiger partial charge on any atom is 0.317 e. The number of nitrogens with one attached hydrogen (secondary N) is 1. The van der Waals surface area contributed by atoms with E-state index in [-0.39, 0.29) is 6.03 Å². The summed E-state index contributed by atoms with van der Waals surface area (Å²) in [6.45, 7) is 1.37. The first-order chi connectivity index (χ1) is 12.7. The molecule has 3 rings (SSSR count). The molecular formula is C20H22N4O2. The largest absolute Gasteiger partial charge is 0.492 e. The average molecular weight is 350 g/mol. The summed E-state index contributed by atoms with van der Waals surface area (Å²) in [5.41, 5.74) is 1.93. The highest BCUT2D eigenvalue weighted by atomic mass is 16.5. The van der Waals surface area contributed by atoms with Crippen LogP contribution in [0, 0.1) is 0 Å². The summed E-state index contributed by atoms with van der Waals surface area (Å²) >= 11 is 0. The number of carbonyl (C=O) groups is 1. The molecule has 0 aliphatic carbocycles. The van der Waals surface area contributed by atoms with Crippen molar-refractivity contribution in [1.29, 1.82) is 0 Å². The van der Waals surface area contributed by atoms with Gasteiger partial charge < -0.3 is 15.0 Å². The first-order valence-electron chi connectivity index (χ1n) is 8.48. The molecule has 0 spiro atoms. The lowest BCUT2D eigenvalue weighted by molar-refractivity contribution is 0.195. The minimum atomic E-state index is -0.144. The summed E-state index contributed by atoms with van der Waals surface area (Å²) in [7, 11) is 1.75. The van der Waals surface area contributed by atoms with Crippen LogP contribution in [0.25, 0.3) is 5.69 Å². The Morgan fingerprint density at radius 3 is 2.54 bits per heavy atom. The monoisotopic (exact) mass is 350 g/mol. The zero-order valence-electron chi connectivity index (χ0n) is 14.7. The van der Waals surface area contributed by atoms with Gasteiger partial charge in [0, 0.05) is 25.4 Å². The van der Waals surface area contributed by atoms with E-state index in [1.165, 1.54) is 0 Å². The van der Waals surface area contributed by atoms with Crippen LogP contribution >= 0.6 is 0 Å². The Morgan fingerprint density at radius 2 is 1.81 bits per heavy atom. The lowest BCUT2D eigenvalue weighted by Gasteiger charge is -2.18. The molecule has 6 nitrogen and oxygen atoms in total. The second kappa shape index (κ2) is 8.71. The van der Waals surface area contributed by atoms with E-state index < -0.39 is 0 Å². The number of benzene rings is 2. The fourth-order valence-corrected chi connectivity index (χ4v) is 2.40. The highest BCUT2D eigenvalue weighted by Crippen LogP contribution is 2.08. The standard InChI is InChI=1S/C20H22N4O2/c1-23(12-13-26-19-10-6-3-7-11-19)20(25)21-14-17-15-22-24(16-17)18-8-4-2-5-9-18/h2-11,15-16H,12-14H2,1H3,(H,21,25). The number of ether oxygens (including phenoxy) is 1. The Bertz CT molecular complexity index is 818. The molecule has 1 aromatic heterocycles. The molecule has 0 bridgehead atoms. The van der Waals surface area contributed by atoms with Gasteiger partial charge in [0.05, 0.1) is 18.4 Å². The predicted octanol–water partition coefficient (Wildman–Crippen LogP) is 3.09. The lowest BCUT2D eigenvalue weighted by Crippen LogP contribution is -2.39. The zero-order valence-corrected chi connectivity index (χ0v) is 14.7. The van der Waals surface area contributed by atoms with Crippen LogP contribution in [0.4, 0.5) is 4.79 Å². The normalized spacial score (nSPS) is 10.3. The smallest absolute Gasteiger partial charge is 0.317 e.